The highest BCUT2D eigenvalue weighted by molar-refractivity contribution is 5.75. The van der Waals surface area contributed by atoms with Crippen molar-refractivity contribution in [3.63, 3.8) is 0 Å². The lowest BCUT2D eigenvalue weighted by Crippen LogP contribution is -1.69. The van der Waals surface area contributed by atoms with E-state index in [1.165, 1.54) is 0 Å². The Bertz CT molecular complexity index is 11.7. The van der Waals surface area contributed by atoms with Crippen LogP contribution in [0.4, 0.5) is 0 Å². The van der Waals surface area contributed by atoms with Crippen molar-refractivity contribution >= 4 is 23.1 Å². The van der Waals surface area contributed by atoms with Gasteiger partial charge in [0.15, 0.2) is 0 Å². The summed E-state index contributed by atoms with van der Waals surface area (Å²) in [4.78, 5) is 0. The second kappa shape index (κ2) is 30.0. The van der Waals surface area contributed by atoms with Gasteiger partial charge in [0.2, 0.25) is 0 Å². The molecule has 0 atom stereocenters. The normalized spacial score (nSPS) is 5.14. The first-order valence-corrected chi connectivity index (χ1v) is 1.97. The van der Waals surface area contributed by atoms with Gasteiger partial charge in [0.25, 0.3) is 0 Å². The van der Waals surface area contributed by atoms with Crippen molar-refractivity contribution in [2.75, 3.05) is 13.7 Å². The van der Waals surface area contributed by atoms with E-state index in [1.807, 2.05) is 6.92 Å². The van der Waals surface area contributed by atoms with Crippen molar-refractivity contribution in [3.05, 3.63) is 0 Å². The minimum Gasteiger partial charge on any atom is -0.400 e. The minimum absolute atomic E-state index is 0. The van der Waals surface area contributed by atoms with E-state index < -0.39 is 0 Å². The van der Waals surface area contributed by atoms with E-state index in [0.717, 1.165) is 13.5 Å². The summed E-state index contributed by atoms with van der Waals surface area (Å²) in [5.41, 5.74) is 0. The van der Waals surface area contributed by atoms with Crippen LogP contribution in [0, 0.1) is 0 Å². The second-order valence-corrected chi connectivity index (χ2v) is 0.724. The van der Waals surface area contributed by atoms with Crippen LogP contribution in [0.2, 0.25) is 0 Å². The van der Waals surface area contributed by atoms with E-state index in [-0.39, 0.29) is 23.1 Å². The van der Waals surface area contributed by atoms with E-state index in [1.54, 1.807) is 0 Å². The highest BCUT2D eigenvalue weighted by atomic mass is 24.3. The molecular weight excluding hydrogens is 104 g/mol. The van der Waals surface area contributed by atoms with Crippen molar-refractivity contribution in [3.8, 4) is 0 Å². The third-order valence-corrected chi connectivity index (χ3v) is 0.224. The Balaban J connectivity index is -0.0000000480. The molecule has 0 aliphatic carbocycles. The zero-order valence-corrected chi connectivity index (χ0v) is 4.31. The molecule has 0 aliphatic heterocycles. The Morgan fingerprint density at radius 1 is 1.29 bits per heavy atom. The van der Waals surface area contributed by atoms with Crippen molar-refractivity contribution in [2.45, 2.75) is 13.3 Å². The molecule has 44 valence electrons. The SMILES string of the molecule is CCCO.CO.[MgH2]. The van der Waals surface area contributed by atoms with Crippen LogP contribution in [0.1, 0.15) is 13.3 Å². The number of hydrogen-bond donors (Lipinski definition) is 2. The summed E-state index contributed by atoms with van der Waals surface area (Å²) >= 11 is 0. The largest absolute Gasteiger partial charge is 0.400 e. The molecule has 7 heavy (non-hydrogen) atoms. The molecule has 0 radical (unpaired) electrons. The van der Waals surface area contributed by atoms with E-state index in [4.69, 9.17) is 10.2 Å². The lowest BCUT2D eigenvalue weighted by molar-refractivity contribution is 0.295. The van der Waals surface area contributed by atoms with Crippen LogP contribution in [-0.2, 0) is 0 Å². The van der Waals surface area contributed by atoms with Gasteiger partial charge in [-0.1, -0.05) is 6.92 Å². The Morgan fingerprint density at radius 3 is 1.43 bits per heavy atom. The van der Waals surface area contributed by atoms with Gasteiger partial charge in [-0.3, -0.25) is 0 Å². The predicted octanol–water partition coefficient (Wildman–Crippen LogP) is -0.919. The van der Waals surface area contributed by atoms with Crippen molar-refractivity contribution in [1.29, 1.82) is 0 Å². The van der Waals surface area contributed by atoms with Crippen molar-refractivity contribution < 1.29 is 10.2 Å². The third kappa shape index (κ3) is 51.6. The Hall–Kier alpha value is 0.686. The van der Waals surface area contributed by atoms with Crippen LogP contribution >= 0.6 is 0 Å². The summed E-state index contributed by atoms with van der Waals surface area (Å²) in [7, 11) is 1.00. The Morgan fingerprint density at radius 2 is 1.43 bits per heavy atom. The highest BCUT2D eigenvalue weighted by Crippen LogP contribution is 1.61. The van der Waals surface area contributed by atoms with Crippen LogP contribution < -0.4 is 0 Å². The van der Waals surface area contributed by atoms with Gasteiger partial charge in [0.1, 0.15) is 0 Å². The highest BCUT2D eigenvalue weighted by Gasteiger charge is 1.57. The smallest absolute Gasteiger partial charge is 0.316 e. The van der Waals surface area contributed by atoms with E-state index in [0.29, 0.717) is 6.61 Å². The first kappa shape index (κ1) is 15.6. The second-order valence-electron chi connectivity index (χ2n) is 0.724. The molecule has 0 saturated heterocycles. The van der Waals surface area contributed by atoms with Crippen molar-refractivity contribution in [2.24, 2.45) is 0 Å². The molecular formula is C4H14MgO2. The first-order chi connectivity index (χ1) is 2.91. The van der Waals surface area contributed by atoms with E-state index in [2.05, 4.69) is 0 Å². The van der Waals surface area contributed by atoms with Gasteiger partial charge in [-0.2, -0.15) is 0 Å². The molecule has 0 aromatic heterocycles. The maximum Gasteiger partial charge on any atom is 0.316 e. The van der Waals surface area contributed by atoms with E-state index in [9.17, 15) is 0 Å². The maximum absolute atomic E-state index is 7.88. The third-order valence-electron chi connectivity index (χ3n) is 0.224. The predicted molar refractivity (Wildman–Crippen MR) is 34.1 cm³/mol. The van der Waals surface area contributed by atoms with Gasteiger partial charge in [-0.25, -0.2) is 0 Å². The number of aliphatic hydroxyl groups excluding tert-OH is 2. The summed E-state index contributed by atoms with van der Waals surface area (Å²) in [6.45, 7) is 2.25. The molecule has 0 amide bonds. The Labute approximate surface area is 60.7 Å². The first-order valence-electron chi connectivity index (χ1n) is 1.97. The topological polar surface area (TPSA) is 40.5 Å². The van der Waals surface area contributed by atoms with Gasteiger partial charge in [0.05, 0.1) is 0 Å². The van der Waals surface area contributed by atoms with Crippen LogP contribution in [-0.4, -0.2) is 47.0 Å². The van der Waals surface area contributed by atoms with Crippen LogP contribution in [0.15, 0.2) is 0 Å². The minimum atomic E-state index is 0. The molecule has 0 rings (SSSR count). The lowest BCUT2D eigenvalue weighted by atomic mass is 10.5. The number of hydrogen-bond acceptors (Lipinski definition) is 2. The molecule has 0 unspecified atom stereocenters. The molecule has 2 nitrogen and oxygen atoms in total. The molecule has 0 aromatic rings. The molecule has 0 saturated carbocycles. The quantitative estimate of drug-likeness (QED) is 0.437. The monoisotopic (exact) mass is 118 g/mol. The average Bonchev–Trinajstić information content (AvgIpc) is 1.72. The Kier molecular flexibility index (Phi) is 67.0. The summed E-state index contributed by atoms with van der Waals surface area (Å²) in [6, 6.07) is 0. The molecule has 0 fully saturated rings. The molecule has 2 N–H and O–H groups in total. The fourth-order valence-corrected chi connectivity index (χ4v) is 0. The number of aliphatic hydroxyl groups is 2. The molecule has 0 aliphatic rings. The lowest BCUT2D eigenvalue weighted by Gasteiger charge is -1.69. The summed E-state index contributed by atoms with van der Waals surface area (Å²) in [5.74, 6) is 0. The average molecular weight is 118 g/mol. The molecule has 0 spiro atoms. The van der Waals surface area contributed by atoms with Gasteiger partial charge in [-0.15, -0.1) is 0 Å². The fraction of sp³-hybridized carbons (Fsp3) is 1.00. The van der Waals surface area contributed by atoms with E-state index >= 15 is 0 Å². The molecule has 0 heterocycles. The van der Waals surface area contributed by atoms with Crippen molar-refractivity contribution in [1.82, 2.24) is 0 Å². The standard InChI is InChI=1S/C3H8O.CH4O.Mg.2H/c1-2-3-4;1-2;;;/h4H,2-3H2,1H3;2H,1H3;;;. The van der Waals surface area contributed by atoms with Crippen LogP contribution in [0.25, 0.3) is 0 Å². The van der Waals surface area contributed by atoms with Gasteiger partial charge in [0, 0.05) is 13.7 Å². The zero-order chi connectivity index (χ0) is 5.41. The summed E-state index contributed by atoms with van der Waals surface area (Å²) in [5, 5.41) is 14.9. The zero-order valence-electron chi connectivity index (χ0n) is 4.31. The molecule has 0 aromatic carbocycles. The van der Waals surface area contributed by atoms with Crippen LogP contribution in [0.3, 0.4) is 0 Å². The summed E-state index contributed by atoms with van der Waals surface area (Å²) < 4.78 is 0. The molecule has 0 bridgehead atoms. The molecule has 3 heteroatoms. The fourth-order valence-electron chi connectivity index (χ4n) is 0. The van der Waals surface area contributed by atoms with Gasteiger partial charge in [-0.05, 0) is 6.42 Å². The van der Waals surface area contributed by atoms with Gasteiger partial charge < -0.3 is 10.2 Å². The van der Waals surface area contributed by atoms with Crippen LogP contribution in [0.5, 0.6) is 0 Å². The van der Waals surface area contributed by atoms with Gasteiger partial charge >= 0.3 is 23.1 Å². The maximum atomic E-state index is 7.88. The number of rotatable bonds is 1. The summed E-state index contributed by atoms with van der Waals surface area (Å²) in [6.07, 6.45) is 0.875.